The van der Waals surface area contributed by atoms with Crippen LogP contribution in [-0.4, -0.2) is 41.0 Å². The Hall–Kier alpha value is -3.19. The number of ether oxygens (including phenoxy) is 1. The molecule has 3 aromatic rings. The van der Waals surface area contributed by atoms with Crippen molar-refractivity contribution in [3.8, 4) is 5.69 Å². The van der Waals surface area contributed by atoms with E-state index in [1.807, 2.05) is 30.9 Å². The molecule has 1 fully saturated rings. The molecular formula is C22H23FN4O2. The monoisotopic (exact) mass is 394 g/mol. The quantitative estimate of drug-likeness (QED) is 0.730. The van der Waals surface area contributed by atoms with Gasteiger partial charge in [0.2, 0.25) is 0 Å². The molecule has 0 spiro atoms. The predicted octanol–water partition coefficient (Wildman–Crippen LogP) is 3.88. The van der Waals surface area contributed by atoms with Gasteiger partial charge in [-0.2, -0.15) is 5.10 Å². The fourth-order valence-corrected chi connectivity index (χ4v) is 3.69. The molecule has 1 aliphatic heterocycles. The molecule has 2 atom stereocenters. The maximum Gasteiger partial charge on any atom is 0.257 e. The van der Waals surface area contributed by atoms with Gasteiger partial charge in [-0.25, -0.2) is 9.07 Å². The SMILES string of the molecule is CC1CN(c2ccc(NC(=O)c3ccccc3-n3cccn3)cc2F)CC(C)O1. The van der Waals surface area contributed by atoms with Crippen molar-refractivity contribution in [3.05, 3.63) is 72.3 Å². The Morgan fingerprint density at radius 3 is 2.55 bits per heavy atom. The van der Waals surface area contributed by atoms with Crippen molar-refractivity contribution in [2.24, 2.45) is 0 Å². The lowest BCUT2D eigenvalue weighted by Crippen LogP contribution is -2.45. The zero-order valence-electron chi connectivity index (χ0n) is 16.4. The average molecular weight is 394 g/mol. The Morgan fingerprint density at radius 2 is 1.86 bits per heavy atom. The van der Waals surface area contributed by atoms with E-state index in [-0.39, 0.29) is 23.9 Å². The Bertz CT molecular complexity index is 996. The number of hydrogen-bond donors (Lipinski definition) is 1. The lowest BCUT2D eigenvalue weighted by Gasteiger charge is -2.37. The van der Waals surface area contributed by atoms with Crippen LogP contribution in [0.2, 0.25) is 0 Å². The number of amides is 1. The Kier molecular flexibility index (Phi) is 5.31. The van der Waals surface area contributed by atoms with Gasteiger partial charge in [-0.1, -0.05) is 12.1 Å². The topological polar surface area (TPSA) is 59.4 Å². The van der Waals surface area contributed by atoms with Crippen molar-refractivity contribution in [2.75, 3.05) is 23.3 Å². The van der Waals surface area contributed by atoms with Crippen LogP contribution in [0.3, 0.4) is 0 Å². The maximum atomic E-state index is 14.8. The number of benzene rings is 2. The molecule has 4 rings (SSSR count). The summed E-state index contributed by atoms with van der Waals surface area (Å²) in [5, 5.41) is 6.97. The Balaban J connectivity index is 1.54. The first-order valence-electron chi connectivity index (χ1n) is 9.61. The van der Waals surface area contributed by atoms with Crippen LogP contribution in [-0.2, 0) is 4.74 Å². The predicted molar refractivity (Wildman–Crippen MR) is 110 cm³/mol. The van der Waals surface area contributed by atoms with E-state index in [0.717, 1.165) is 0 Å². The number of rotatable bonds is 4. The third-order valence-electron chi connectivity index (χ3n) is 4.87. The molecule has 2 unspecified atom stereocenters. The number of morpholine rings is 1. The largest absolute Gasteiger partial charge is 0.372 e. The molecule has 0 radical (unpaired) electrons. The molecule has 1 aliphatic rings. The van der Waals surface area contributed by atoms with E-state index in [2.05, 4.69) is 10.4 Å². The highest BCUT2D eigenvalue weighted by Crippen LogP contribution is 2.26. The van der Waals surface area contributed by atoms with Gasteiger partial charge in [-0.3, -0.25) is 4.79 Å². The van der Waals surface area contributed by atoms with Crippen LogP contribution < -0.4 is 10.2 Å². The van der Waals surface area contributed by atoms with Gasteiger partial charge < -0.3 is 15.0 Å². The molecule has 150 valence electrons. The summed E-state index contributed by atoms with van der Waals surface area (Å²) in [5.74, 6) is -0.693. The minimum Gasteiger partial charge on any atom is -0.372 e. The zero-order valence-corrected chi connectivity index (χ0v) is 16.4. The summed E-state index contributed by atoms with van der Waals surface area (Å²) in [6.07, 6.45) is 3.49. The second-order valence-corrected chi connectivity index (χ2v) is 7.25. The molecule has 29 heavy (non-hydrogen) atoms. The van der Waals surface area contributed by atoms with Crippen molar-refractivity contribution in [1.29, 1.82) is 0 Å². The minimum atomic E-state index is -0.371. The second-order valence-electron chi connectivity index (χ2n) is 7.25. The Labute approximate surface area is 168 Å². The number of nitrogens with one attached hydrogen (secondary N) is 1. The average Bonchev–Trinajstić information content (AvgIpc) is 3.22. The first-order valence-corrected chi connectivity index (χ1v) is 9.61. The van der Waals surface area contributed by atoms with Gasteiger partial charge in [0.15, 0.2) is 0 Å². The summed E-state index contributed by atoms with van der Waals surface area (Å²) in [6.45, 7) is 5.22. The second kappa shape index (κ2) is 8.05. The highest BCUT2D eigenvalue weighted by molar-refractivity contribution is 6.06. The summed E-state index contributed by atoms with van der Waals surface area (Å²) in [6, 6.07) is 13.7. The van der Waals surface area contributed by atoms with E-state index < -0.39 is 0 Å². The minimum absolute atomic E-state index is 0.0383. The number of anilines is 2. The van der Waals surface area contributed by atoms with Crippen molar-refractivity contribution in [3.63, 3.8) is 0 Å². The van der Waals surface area contributed by atoms with Gasteiger partial charge in [0, 0.05) is 31.2 Å². The number of nitrogens with zero attached hydrogens (tertiary/aromatic N) is 3. The van der Waals surface area contributed by atoms with Crippen LogP contribution in [0.25, 0.3) is 5.69 Å². The molecular weight excluding hydrogens is 371 g/mol. The summed E-state index contributed by atoms with van der Waals surface area (Å²) < 4.78 is 22.1. The first-order chi connectivity index (χ1) is 14.0. The normalized spacial score (nSPS) is 19.2. The smallest absolute Gasteiger partial charge is 0.257 e. The number of para-hydroxylation sites is 1. The summed E-state index contributed by atoms with van der Waals surface area (Å²) in [5.41, 5.74) is 2.03. The Morgan fingerprint density at radius 1 is 1.10 bits per heavy atom. The molecule has 1 saturated heterocycles. The highest BCUT2D eigenvalue weighted by atomic mass is 19.1. The van der Waals surface area contributed by atoms with Gasteiger partial charge in [-0.05, 0) is 50.2 Å². The fraction of sp³-hybridized carbons (Fsp3) is 0.273. The third kappa shape index (κ3) is 4.14. The van der Waals surface area contributed by atoms with Crippen LogP contribution >= 0.6 is 0 Å². The number of carbonyl (C=O) groups is 1. The molecule has 1 aromatic heterocycles. The van der Waals surface area contributed by atoms with E-state index in [9.17, 15) is 9.18 Å². The van der Waals surface area contributed by atoms with Crippen LogP contribution in [0.4, 0.5) is 15.8 Å². The van der Waals surface area contributed by atoms with Crippen LogP contribution in [0.5, 0.6) is 0 Å². The number of halogens is 1. The molecule has 2 aromatic carbocycles. The lowest BCUT2D eigenvalue weighted by atomic mass is 10.1. The van der Waals surface area contributed by atoms with E-state index >= 15 is 0 Å². The van der Waals surface area contributed by atoms with E-state index in [1.165, 1.54) is 6.07 Å². The maximum absolute atomic E-state index is 14.8. The van der Waals surface area contributed by atoms with Crippen molar-refractivity contribution in [1.82, 2.24) is 9.78 Å². The molecule has 6 nitrogen and oxygen atoms in total. The van der Waals surface area contributed by atoms with Crippen molar-refractivity contribution in [2.45, 2.75) is 26.1 Å². The van der Waals surface area contributed by atoms with Gasteiger partial charge >= 0.3 is 0 Å². The van der Waals surface area contributed by atoms with Gasteiger partial charge in [0.05, 0.1) is 29.1 Å². The van der Waals surface area contributed by atoms with Crippen molar-refractivity contribution < 1.29 is 13.9 Å². The number of aromatic nitrogens is 2. The van der Waals surface area contributed by atoms with Crippen LogP contribution in [0.15, 0.2) is 60.9 Å². The molecule has 1 N–H and O–H groups in total. The summed E-state index contributed by atoms with van der Waals surface area (Å²) >= 11 is 0. The standard InChI is InChI=1S/C22H23FN4O2/c1-15-13-26(14-16(2)29-15)21-9-8-17(12-19(21)23)25-22(28)18-6-3-4-7-20(18)27-11-5-10-24-27/h3-12,15-16H,13-14H2,1-2H3,(H,25,28). The first kappa shape index (κ1) is 19.1. The fourth-order valence-electron chi connectivity index (χ4n) is 3.69. The molecule has 7 heteroatoms. The number of hydrogen-bond acceptors (Lipinski definition) is 4. The zero-order chi connectivity index (χ0) is 20.4. The van der Waals surface area contributed by atoms with Gasteiger partial charge in [0.25, 0.3) is 5.91 Å². The third-order valence-corrected chi connectivity index (χ3v) is 4.87. The summed E-state index contributed by atoms with van der Waals surface area (Å²) in [4.78, 5) is 14.8. The molecule has 0 aliphatic carbocycles. The van der Waals surface area contributed by atoms with E-state index in [0.29, 0.717) is 35.7 Å². The van der Waals surface area contributed by atoms with Crippen LogP contribution in [0, 0.1) is 5.82 Å². The van der Waals surface area contributed by atoms with Crippen LogP contribution in [0.1, 0.15) is 24.2 Å². The highest BCUT2D eigenvalue weighted by Gasteiger charge is 2.24. The van der Waals surface area contributed by atoms with E-state index in [4.69, 9.17) is 4.74 Å². The van der Waals surface area contributed by atoms with Crippen molar-refractivity contribution >= 4 is 17.3 Å². The molecule has 1 amide bonds. The van der Waals surface area contributed by atoms with Gasteiger partial charge in [-0.15, -0.1) is 0 Å². The number of carbonyl (C=O) groups excluding carboxylic acids is 1. The molecule has 2 heterocycles. The summed E-state index contributed by atoms with van der Waals surface area (Å²) in [7, 11) is 0. The lowest BCUT2D eigenvalue weighted by molar-refractivity contribution is -0.00539. The van der Waals surface area contributed by atoms with E-state index in [1.54, 1.807) is 47.4 Å². The van der Waals surface area contributed by atoms with Gasteiger partial charge in [0.1, 0.15) is 5.82 Å². The molecule has 0 bridgehead atoms. The molecule has 0 saturated carbocycles.